The fourth-order valence-corrected chi connectivity index (χ4v) is 6.38. The first-order chi connectivity index (χ1) is 22.6. The second kappa shape index (κ2) is 16.1. The van der Waals surface area contributed by atoms with Gasteiger partial charge in [-0.25, -0.2) is 9.59 Å². The van der Waals surface area contributed by atoms with Crippen LogP contribution in [0, 0.1) is 13.8 Å². The lowest BCUT2D eigenvalue weighted by atomic mass is 10.1. The van der Waals surface area contributed by atoms with Gasteiger partial charge in [-0.05, 0) is 69.2 Å². The summed E-state index contributed by atoms with van der Waals surface area (Å²) >= 11 is 2.07. The van der Waals surface area contributed by atoms with Crippen LogP contribution >= 0.6 is 23.1 Å². The molecule has 4 aromatic rings. The molecule has 0 saturated heterocycles. The van der Waals surface area contributed by atoms with Crippen LogP contribution in [0.3, 0.4) is 0 Å². The molecular weight excluding hydrogens is 647 g/mol. The topological polar surface area (TPSA) is 160 Å². The quantitative estimate of drug-likeness (QED) is 0.137. The molecule has 4 rings (SSSR count). The van der Waals surface area contributed by atoms with Gasteiger partial charge in [0, 0.05) is 11.3 Å². The lowest BCUT2D eigenvalue weighted by Crippen LogP contribution is -2.24. The van der Waals surface area contributed by atoms with E-state index in [9.17, 15) is 19.2 Å². The number of methoxy groups -OCH3 is 2. The summed E-state index contributed by atoms with van der Waals surface area (Å²) < 4.78 is 22.6. The van der Waals surface area contributed by atoms with Gasteiger partial charge in [-0.1, -0.05) is 23.9 Å². The number of carbonyl (C=O) groups excluding carboxylic acids is 4. The highest BCUT2D eigenvalue weighted by Crippen LogP contribution is 2.35. The van der Waals surface area contributed by atoms with Gasteiger partial charge in [-0.3, -0.25) is 14.2 Å². The number of amides is 2. The van der Waals surface area contributed by atoms with Crippen molar-refractivity contribution in [1.82, 2.24) is 20.1 Å². The van der Waals surface area contributed by atoms with Crippen LogP contribution in [0.4, 0.5) is 5.00 Å². The Morgan fingerprint density at radius 1 is 0.915 bits per heavy atom. The van der Waals surface area contributed by atoms with E-state index in [1.165, 1.54) is 14.2 Å². The molecular formula is C32H35N5O8S2. The number of hydrogen-bond donors (Lipinski definition) is 2. The summed E-state index contributed by atoms with van der Waals surface area (Å²) in [5.41, 5.74) is 2.57. The summed E-state index contributed by atoms with van der Waals surface area (Å²) in [7, 11) is 3.01. The molecule has 0 saturated carbocycles. The molecule has 2 aromatic heterocycles. The number of nitrogens with zero attached hydrogens (tertiary/aromatic N) is 3. The van der Waals surface area contributed by atoms with E-state index >= 15 is 0 Å². The van der Waals surface area contributed by atoms with E-state index in [4.69, 9.17) is 18.9 Å². The first-order valence-corrected chi connectivity index (χ1v) is 16.3. The second-order valence-corrected chi connectivity index (χ2v) is 11.8. The summed E-state index contributed by atoms with van der Waals surface area (Å²) in [5, 5.41) is 14.8. The Morgan fingerprint density at radius 3 is 2.32 bits per heavy atom. The van der Waals surface area contributed by atoms with Crippen molar-refractivity contribution in [3.8, 4) is 17.2 Å². The number of aromatic nitrogens is 3. The largest absolute Gasteiger partial charge is 0.493 e. The van der Waals surface area contributed by atoms with Gasteiger partial charge in [-0.2, -0.15) is 0 Å². The minimum absolute atomic E-state index is 0.0366. The lowest BCUT2D eigenvalue weighted by Gasteiger charge is -2.12. The summed E-state index contributed by atoms with van der Waals surface area (Å²) in [6.45, 7) is 7.22. The molecule has 2 aromatic carbocycles. The van der Waals surface area contributed by atoms with Crippen LogP contribution in [-0.2, 0) is 20.8 Å². The number of nitrogens with one attached hydrogen (secondary N) is 2. The number of thioether (sulfide) groups is 1. The first kappa shape index (κ1) is 35.0. The predicted molar refractivity (Wildman–Crippen MR) is 177 cm³/mol. The Labute approximate surface area is 280 Å². The van der Waals surface area contributed by atoms with Crippen molar-refractivity contribution in [3.63, 3.8) is 0 Å². The highest BCUT2D eigenvalue weighted by molar-refractivity contribution is 7.99. The van der Waals surface area contributed by atoms with Gasteiger partial charge in [0.15, 0.2) is 22.5 Å². The van der Waals surface area contributed by atoms with Crippen LogP contribution in [-0.4, -0.2) is 71.7 Å². The number of benzene rings is 2. The maximum atomic E-state index is 13.2. The van der Waals surface area contributed by atoms with Crippen molar-refractivity contribution in [3.05, 3.63) is 75.4 Å². The molecule has 248 valence electrons. The highest BCUT2D eigenvalue weighted by Gasteiger charge is 2.27. The van der Waals surface area contributed by atoms with Crippen LogP contribution in [0.15, 0.2) is 47.6 Å². The Bertz CT molecular complexity index is 1780. The monoisotopic (exact) mass is 681 g/mol. The molecule has 2 N–H and O–H groups in total. The summed E-state index contributed by atoms with van der Waals surface area (Å²) in [4.78, 5) is 51.7. The first-order valence-electron chi connectivity index (χ1n) is 14.5. The number of esters is 2. The molecule has 0 bridgehead atoms. The molecule has 0 aliphatic heterocycles. The molecule has 0 spiro atoms. The molecule has 0 fully saturated rings. The summed E-state index contributed by atoms with van der Waals surface area (Å²) in [5.74, 6) is -0.793. The van der Waals surface area contributed by atoms with E-state index in [1.807, 2.05) is 31.2 Å². The normalized spacial score (nSPS) is 10.7. The average molecular weight is 682 g/mol. The Kier molecular flexibility index (Phi) is 12.0. The van der Waals surface area contributed by atoms with Crippen LogP contribution in [0.1, 0.15) is 61.2 Å². The smallest absolute Gasteiger partial charge is 0.348 e. The fourth-order valence-electron chi connectivity index (χ4n) is 4.51. The van der Waals surface area contributed by atoms with Crippen molar-refractivity contribution >= 4 is 51.9 Å². The molecule has 47 heavy (non-hydrogen) atoms. The number of ether oxygens (including phenoxy) is 4. The molecule has 0 aliphatic carbocycles. The van der Waals surface area contributed by atoms with Gasteiger partial charge in [0.1, 0.15) is 9.88 Å². The molecule has 0 radical (unpaired) electrons. The number of aryl methyl sites for hydroxylation is 1. The Morgan fingerprint density at radius 2 is 1.64 bits per heavy atom. The SMILES string of the molecule is CCOC(=O)c1sc(NC(=O)CSc2nnc(CNC(=O)c3ccc(OC)c(OC)c3)n2-c2cccc(C)c2)c(C(=O)OCC)c1C. The van der Waals surface area contributed by atoms with Crippen LogP contribution in [0.5, 0.6) is 11.5 Å². The molecule has 0 aliphatic rings. The predicted octanol–water partition coefficient (Wildman–Crippen LogP) is 4.98. The standard InChI is InChI=1S/C32H35N5O8S2/c1-7-44-30(40)26-19(4)27(31(41)45-8-2)47-29(26)34-25(38)17-46-32-36-35-24(37(32)21-11-9-10-18(3)14-21)16-33-28(39)20-12-13-22(42-5)23(15-20)43-6/h9-15H,7-8,16-17H2,1-6H3,(H,33,39)(H,34,38). The van der Waals surface area contributed by atoms with Gasteiger partial charge in [0.2, 0.25) is 5.91 Å². The molecule has 2 heterocycles. The maximum absolute atomic E-state index is 13.2. The van der Waals surface area contributed by atoms with E-state index in [0.717, 1.165) is 34.3 Å². The van der Waals surface area contributed by atoms with Gasteiger partial charge in [-0.15, -0.1) is 21.5 Å². The third-order valence-corrected chi connectivity index (χ3v) is 8.80. The van der Waals surface area contributed by atoms with Crippen LogP contribution < -0.4 is 20.1 Å². The number of thiophene rings is 1. The number of hydrogen-bond acceptors (Lipinski definition) is 12. The third-order valence-electron chi connectivity index (χ3n) is 6.69. The van der Waals surface area contributed by atoms with E-state index in [1.54, 1.807) is 43.5 Å². The van der Waals surface area contributed by atoms with Crippen molar-refractivity contribution in [1.29, 1.82) is 0 Å². The minimum Gasteiger partial charge on any atom is -0.493 e. The van der Waals surface area contributed by atoms with Gasteiger partial charge < -0.3 is 29.6 Å². The number of carbonyl (C=O) groups is 4. The Hall–Kier alpha value is -4.89. The molecule has 0 unspecified atom stereocenters. The number of anilines is 1. The maximum Gasteiger partial charge on any atom is 0.348 e. The Balaban J connectivity index is 1.54. The molecule has 0 atom stereocenters. The highest BCUT2D eigenvalue weighted by atomic mass is 32.2. The van der Waals surface area contributed by atoms with Gasteiger partial charge in [0.25, 0.3) is 5.91 Å². The lowest BCUT2D eigenvalue weighted by molar-refractivity contribution is -0.113. The average Bonchev–Trinajstić information content (AvgIpc) is 3.62. The molecule has 15 heteroatoms. The third kappa shape index (κ3) is 8.29. The van der Waals surface area contributed by atoms with E-state index in [2.05, 4.69) is 20.8 Å². The van der Waals surface area contributed by atoms with Gasteiger partial charge >= 0.3 is 11.9 Å². The van der Waals surface area contributed by atoms with Crippen molar-refractivity contribution in [2.45, 2.75) is 39.4 Å². The van der Waals surface area contributed by atoms with Crippen molar-refractivity contribution < 1.29 is 38.1 Å². The molecule has 13 nitrogen and oxygen atoms in total. The zero-order valence-corrected chi connectivity index (χ0v) is 28.4. The van der Waals surface area contributed by atoms with Crippen LogP contribution in [0.25, 0.3) is 5.69 Å². The summed E-state index contributed by atoms with van der Waals surface area (Å²) in [6.07, 6.45) is 0. The second-order valence-electron chi connectivity index (χ2n) is 9.86. The van der Waals surface area contributed by atoms with E-state index in [0.29, 0.717) is 33.6 Å². The van der Waals surface area contributed by atoms with Crippen LogP contribution in [0.2, 0.25) is 0 Å². The van der Waals surface area contributed by atoms with E-state index < -0.39 is 17.8 Å². The minimum atomic E-state index is -0.654. The fraction of sp³-hybridized carbons (Fsp3) is 0.312. The van der Waals surface area contributed by atoms with Crippen molar-refractivity contribution in [2.24, 2.45) is 0 Å². The van der Waals surface area contributed by atoms with E-state index in [-0.39, 0.29) is 46.9 Å². The zero-order chi connectivity index (χ0) is 34.1. The molecule has 2 amide bonds. The van der Waals surface area contributed by atoms with Crippen molar-refractivity contribution in [2.75, 3.05) is 38.5 Å². The summed E-state index contributed by atoms with van der Waals surface area (Å²) in [6, 6.07) is 12.5. The van der Waals surface area contributed by atoms with Gasteiger partial charge in [0.05, 0.1) is 45.3 Å². The zero-order valence-electron chi connectivity index (χ0n) is 26.8. The number of rotatable bonds is 14.